The maximum absolute atomic E-state index is 11.7. The van der Waals surface area contributed by atoms with E-state index in [4.69, 9.17) is 0 Å². The fraction of sp³-hybridized carbons (Fsp3) is 0.231. The standard InChI is InChI=1S/C13H13NO5/c1-19-13(18)12(17)11(16)7-2-3-9-8(6-7)10(15)4-5-14-9/h2-6,11-12,16-17H,1H3,(H,14,15). The summed E-state index contributed by atoms with van der Waals surface area (Å²) < 4.78 is 4.35. The number of pyridine rings is 1. The number of rotatable bonds is 3. The van der Waals surface area contributed by atoms with E-state index >= 15 is 0 Å². The summed E-state index contributed by atoms with van der Waals surface area (Å²) in [5.41, 5.74) is 0.661. The fourth-order valence-electron chi connectivity index (χ4n) is 1.80. The van der Waals surface area contributed by atoms with Gasteiger partial charge in [-0.05, 0) is 17.7 Å². The van der Waals surface area contributed by atoms with Gasteiger partial charge in [0.2, 0.25) is 0 Å². The molecule has 0 saturated carbocycles. The molecule has 1 aromatic heterocycles. The van der Waals surface area contributed by atoms with Crippen molar-refractivity contribution in [1.82, 2.24) is 4.98 Å². The number of aromatic nitrogens is 1. The molecule has 2 aromatic rings. The van der Waals surface area contributed by atoms with Crippen LogP contribution in [0.25, 0.3) is 10.9 Å². The van der Waals surface area contributed by atoms with Gasteiger partial charge in [0.05, 0.1) is 7.11 Å². The second-order valence-electron chi connectivity index (χ2n) is 4.06. The number of nitrogens with one attached hydrogen (secondary N) is 1. The number of hydrogen-bond acceptors (Lipinski definition) is 5. The van der Waals surface area contributed by atoms with Crippen molar-refractivity contribution in [1.29, 1.82) is 0 Å². The molecule has 6 nitrogen and oxygen atoms in total. The Bertz CT molecular complexity index is 663. The van der Waals surface area contributed by atoms with Crippen LogP contribution in [0.4, 0.5) is 0 Å². The van der Waals surface area contributed by atoms with Gasteiger partial charge in [-0.1, -0.05) is 6.07 Å². The van der Waals surface area contributed by atoms with Gasteiger partial charge in [0.15, 0.2) is 11.5 Å². The number of aliphatic hydroxyl groups is 2. The van der Waals surface area contributed by atoms with Crippen molar-refractivity contribution in [3.05, 3.63) is 46.2 Å². The van der Waals surface area contributed by atoms with Crippen molar-refractivity contribution in [3.63, 3.8) is 0 Å². The largest absolute Gasteiger partial charge is 0.467 e. The van der Waals surface area contributed by atoms with Crippen molar-refractivity contribution in [2.75, 3.05) is 7.11 Å². The molecule has 6 heteroatoms. The monoisotopic (exact) mass is 263 g/mol. The van der Waals surface area contributed by atoms with Gasteiger partial charge in [0.1, 0.15) is 6.10 Å². The number of ether oxygens (including phenoxy) is 1. The van der Waals surface area contributed by atoms with Crippen molar-refractivity contribution in [2.45, 2.75) is 12.2 Å². The van der Waals surface area contributed by atoms with Crippen LogP contribution in [-0.4, -0.2) is 34.4 Å². The van der Waals surface area contributed by atoms with Crippen LogP contribution in [0, 0.1) is 0 Å². The summed E-state index contributed by atoms with van der Waals surface area (Å²) >= 11 is 0. The summed E-state index contributed by atoms with van der Waals surface area (Å²) in [6.45, 7) is 0. The molecule has 2 rings (SSSR count). The Morgan fingerprint density at radius 3 is 2.74 bits per heavy atom. The average molecular weight is 263 g/mol. The Labute approximate surface area is 108 Å². The van der Waals surface area contributed by atoms with Gasteiger partial charge in [-0.25, -0.2) is 4.79 Å². The molecule has 3 N–H and O–H groups in total. The van der Waals surface area contributed by atoms with Crippen molar-refractivity contribution >= 4 is 16.9 Å². The molecular formula is C13H13NO5. The Hall–Kier alpha value is -2.18. The first-order valence-corrected chi connectivity index (χ1v) is 5.60. The highest BCUT2D eigenvalue weighted by Gasteiger charge is 2.26. The summed E-state index contributed by atoms with van der Waals surface area (Å²) in [5.74, 6) is -0.936. The number of carbonyl (C=O) groups excluding carboxylic acids is 1. The van der Waals surface area contributed by atoms with Crippen LogP contribution in [0.3, 0.4) is 0 Å². The first kappa shape index (κ1) is 13.3. The number of fused-ring (bicyclic) bond motifs is 1. The van der Waals surface area contributed by atoms with Crippen molar-refractivity contribution in [3.8, 4) is 0 Å². The molecule has 0 aliphatic carbocycles. The zero-order valence-electron chi connectivity index (χ0n) is 10.2. The van der Waals surface area contributed by atoms with Gasteiger partial charge in [0.25, 0.3) is 0 Å². The number of hydrogen-bond donors (Lipinski definition) is 3. The van der Waals surface area contributed by atoms with E-state index in [0.29, 0.717) is 10.9 Å². The third-order valence-electron chi connectivity index (χ3n) is 2.87. The highest BCUT2D eigenvalue weighted by Crippen LogP contribution is 2.20. The third kappa shape index (κ3) is 2.49. The lowest BCUT2D eigenvalue weighted by Crippen LogP contribution is -2.29. The van der Waals surface area contributed by atoms with Crippen LogP contribution in [0.5, 0.6) is 0 Å². The Morgan fingerprint density at radius 2 is 2.05 bits per heavy atom. The summed E-state index contributed by atoms with van der Waals surface area (Å²) in [6.07, 6.45) is -1.62. The molecule has 1 aromatic carbocycles. The molecule has 0 amide bonds. The average Bonchev–Trinajstić information content (AvgIpc) is 2.45. The van der Waals surface area contributed by atoms with Crippen LogP contribution < -0.4 is 5.43 Å². The SMILES string of the molecule is COC(=O)C(O)C(O)c1ccc2[nH]ccc(=O)c2c1. The highest BCUT2D eigenvalue weighted by atomic mass is 16.5. The van der Waals surface area contributed by atoms with Gasteiger partial charge in [-0.2, -0.15) is 0 Å². The van der Waals surface area contributed by atoms with E-state index in [0.717, 1.165) is 7.11 Å². The smallest absolute Gasteiger partial charge is 0.337 e. The third-order valence-corrected chi connectivity index (χ3v) is 2.87. The number of carbonyl (C=O) groups is 1. The van der Waals surface area contributed by atoms with Crippen molar-refractivity contribution in [2.24, 2.45) is 0 Å². The first-order valence-electron chi connectivity index (χ1n) is 5.60. The minimum absolute atomic E-state index is 0.213. The summed E-state index contributed by atoms with van der Waals surface area (Å²) in [4.78, 5) is 25.7. The Balaban J connectivity index is 2.43. The highest BCUT2D eigenvalue weighted by molar-refractivity contribution is 5.80. The van der Waals surface area contributed by atoms with E-state index in [-0.39, 0.29) is 11.0 Å². The number of aromatic amines is 1. The molecule has 100 valence electrons. The number of aliphatic hydroxyl groups excluding tert-OH is 2. The van der Waals surface area contributed by atoms with E-state index in [1.165, 1.54) is 24.4 Å². The first-order chi connectivity index (χ1) is 9.04. The van der Waals surface area contributed by atoms with Crippen LogP contribution in [0.2, 0.25) is 0 Å². The molecule has 19 heavy (non-hydrogen) atoms. The zero-order valence-corrected chi connectivity index (χ0v) is 10.2. The zero-order chi connectivity index (χ0) is 14.0. The molecule has 1 heterocycles. The molecule has 0 spiro atoms. The van der Waals surface area contributed by atoms with E-state index < -0.39 is 18.2 Å². The Kier molecular flexibility index (Phi) is 3.64. The lowest BCUT2D eigenvalue weighted by atomic mass is 10.0. The molecule has 2 atom stereocenters. The van der Waals surface area contributed by atoms with Gasteiger partial charge >= 0.3 is 5.97 Å². The van der Waals surface area contributed by atoms with Crippen molar-refractivity contribution < 1.29 is 19.7 Å². The quantitative estimate of drug-likeness (QED) is 0.682. The molecule has 0 bridgehead atoms. The predicted molar refractivity (Wildman–Crippen MR) is 67.6 cm³/mol. The molecule has 2 unspecified atom stereocenters. The molecule has 0 saturated heterocycles. The number of esters is 1. The van der Waals surface area contributed by atoms with E-state index in [1.807, 2.05) is 0 Å². The van der Waals surface area contributed by atoms with Crippen LogP contribution in [0.1, 0.15) is 11.7 Å². The summed E-state index contributed by atoms with van der Waals surface area (Å²) in [6, 6.07) is 5.91. The van der Waals surface area contributed by atoms with Gasteiger partial charge in [-0.3, -0.25) is 4.79 Å². The van der Waals surface area contributed by atoms with E-state index in [2.05, 4.69) is 9.72 Å². The van der Waals surface area contributed by atoms with Gasteiger partial charge in [0, 0.05) is 23.2 Å². The normalized spacial score (nSPS) is 14.1. The fourth-order valence-corrected chi connectivity index (χ4v) is 1.80. The summed E-state index contributed by atoms with van der Waals surface area (Å²) in [5, 5.41) is 19.8. The minimum Gasteiger partial charge on any atom is -0.467 e. The maximum Gasteiger partial charge on any atom is 0.337 e. The van der Waals surface area contributed by atoms with Crippen LogP contribution in [0.15, 0.2) is 35.3 Å². The topological polar surface area (TPSA) is 99.6 Å². The molecule has 0 fully saturated rings. The predicted octanol–water partition coefficient (Wildman–Crippen LogP) is 0.0954. The molecule has 0 aliphatic rings. The molecule has 0 radical (unpaired) electrons. The number of benzene rings is 1. The van der Waals surface area contributed by atoms with Gasteiger partial charge < -0.3 is 19.9 Å². The lowest BCUT2D eigenvalue weighted by Gasteiger charge is -2.16. The molecule has 0 aliphatic heterocycles. The summed E-state index contributed by atoms with van der Waals surface area (Å²) in [7, 11) is 1.11. The van der Waals surface area contributed by atoms with Crippen LogP contribution >= 0.6 is 0 Å². The van der Waals surface area contributed by atoms with Crippen LogP contribution in [-0.2, 0) is 9.53 Å². The van der Waals surface area contributed by atoms with E-state index in [1.54, 1.807) is 6.07 Å². The second-order valence-corrected chi connectivity index (χ2v) is 4.06. The Morgan fingerprint density at radius 1 is 1.32 bits per heavy atom. The van der Waals surface area contributed by atoms with E-state index in [9.17, 15) is 19.8 Å². The van der Waals surface area contributed by atoms with Gasteiger partial charge in [-0.15, -0.1) is 0 Å². The maximum atomic E-state index is 11.7. The second kappa shape index (κ2) is 5.21. The number of H-pyrrole nitrogens is 1. The number of methoxy groups -OCH3 is 1. The molecular weight excluding hydrogens is 250 g/mol. The minimum atomic E-state index is -1.69. The lowest BCUT2D eigenvalue weighted by molar-refractivity contribution is -0.156.